The maximum Gasteiger partial charge on any atom is 0.263 e. The molecule has 0 spiro atoms. The van der Waals surface area contributed by atoms with Crippen LogP contribution < -0.4 is 10.5 Å². The predicted octanol–water partition coefficient (Wildman–Crippen LogP) is 10.7. The number of benzene rings is 4. The second kappa shape index (κ2) is 19.0. The van der Waals surface area contributed by atoms with E-state index in [4.69, 9.17) is 16.4 Å². The number of hydrogen-bond donors (Lipinski definition) is 2. The molecule has 0 radical (unpaired) electrons. The molecule has 0 saturated carbocycles. The number of nitrogens with two attached hydrogens (primary N) is 1. The van der Waals surface area contributed by atoms with Gasteiger partial charge < -0.3 is 5.73 Å². The van der Waals surface area contributed by atoms with Gasteiger partial charge in [0.15, 0.2) is 0 Å². The summed E-state index contributed by atoms with van der Waals surface area (Å²) in [5.74, 6) is -0.712. The predicted molar refractivity (Wildman–Crippen MR) is 246 cm³/mol. The number of sulfonamides is 1. The number of nitrogen functional groups attached to an aromatic ring is 1. The van der Waals surface area contributed by atoms with Crippen molar-refractivity contribution in [1.29, 1.82) is 0 Å². The quantitative estimate of drug-likeness (QED) is 0.111. The summed E-state index contributed by atoms with van der Waals surface area (Å²) in [6.07, 6.45) is 3.37. The summed E-state index contributed by atoms with van der Waals surface area (Å²) in [6, 6.07) is 28.7. The normalized spacial score (nSPS) is 12.0. The van der Waals surface area contributed by atoms with Gasteiger partial charge in [0.2, 0.25) is 0 Å². The molecule has 4 aromatic carbocycles. The molecule has 65 heavy (non-hydrogen) atoms. The lowest BCUT2D eigenvalue weighted by molar-refractivity contribution is 0.473. The van der Waals surface area contributed by atoms with Crippen LogP contribution >= 0.6 is 10.7 Å². The summed E-state index contributed by atoms with van der Waals surface area (Å²) in [5.41, 5.74) is 9.13. The van der Waals surface area contributed by atoms with E-state index >= 15 is 0 Å². The third-order valence-corrected chi connectivity index (χ3v) is 12.6. The molecule has 0 aliphatic carbocycles. The highest BCUT2D eigenvalue weighted by atomic mass is 35.7. The van der Waals surface area contributed by atoms with Crippen molar-refractivity contribution in [3.63, 3.8) is 0 Å². The first-order valence-electron chi connectivity index (χ1n) is 19.8. The molecule has 340 valence electrons. The molecule has 0 aliphatic rings. The molecule has 0 amide bonds. The number of anilines is 2. The van der Waals surface area contributed by atoms with Crippen molar-refractivity contribution < 1.29 is 34.4 Å². The first kappa shape index (κ1) is 48.1. The number of alkyl halides is 2. The number of rotatable bonds is 8. The van der Waals surface area contributed by atoms with Crippen LogP contribution in [0.3, 0.4) is 0 Å². The van der Waals surface area contributed by atoms with Crippen LogP contribution in [0.5, 0.6) is 0 Å². The fourth-order valence-electron chi connectivity index (χ4n) is 6.72. The summed E-state index contributed by atoms with van der Waals surface area (Å²) < 4.78 is 107. The lowest BCUT2D eigenvalue weighted by Gasteiger charge is -2.20. The Morgan fingerprint density at radius 2 is 1.08 bits per heavy atom. The van der Waals surface area contributed by atoms with Crippen LogP contribution in [0.2, 0.25) is 0 Å². The number of aromatic nitrogens is 6. The van der Waals surface area contributed by atoms with E-state index < -0.39 is 49.5 Å². The van der Waals surface area contributed by atoms with Gasteiger partial charge in [-0.1, -0.05) is 65.8 Å². The van der Waals surface area contributed by atoms with Gasteiger partial charge in [-0.25, -0.2) is 43.8 Å². The number of fused-ring (bicyclic) bond motifs is 2. The third-order valence-electron chi connectivity index (χ3n) is 9.85. The van der Waals surface area contributed by atoms with Crippen molar-refractivity contribution in [2.45, 2.75) is 75.5 Å². The van der Waals surface area contributed by atoms with Gasteiger partial charge >= 0.3 is 0 Å². The highest BCUT2D eigenvalue weighted by Gasteiger charge is 2.25. The average molecular weight is 949 g/mol. The van der Waals surface area contributed by atoms with Crippen molar-refractivity contribution in [2.75, 3.05) is 10.5 Å². The Kier molecular flexibility index (Phi) is 14.1. The summed E-state index contributed by atoms with van der Waals surface area (Å²) in [5, 5.41) is 9.98. The highest BCUT2D eigenvalue weighted by molar-refractivity contribution is 8.13. The molecular formula is C46H45ClF4N8O4S2. The molecule has 8 aromatic rings. The molecule has 12 nitrogen and oxygen atoms in total. The Balaban J connectivity index is 0.000000179. The van der Waals surface area contributed by atoms with E-state index in [1.807, 2.05) is 84.0 Å². The Labute approximate surface area is 378 Å². The highest BCUT2D eigenvalue weighted by Crippen LogP contribution is 2.31. The molecule has 4 heterocycles. The number of pyridine rings is 2. The van der Waals surface area contributed by atoms with Gasteiger partial charge in [0.05, 0.1) is 43.6 Å². The number of hydrogen-bond acceptors (Lipinski definition) is 9. The van der Waals surface area contributed by atoms with Crippen LogP contribution in [0.15, 0.2) is 131 Å². The fraction of sp³-hybridized carbons (Fsp3) is 0.217. The van der Waals surface area contributed by atoms with Crippen molar-refractivity contribution in [3.8, 4) is 11.4 Å². The van der Waals surface area contributed by atoms with Gasteiger partial charge in [0, 0.05) is 46.0 Å². The Hall–Kier alpha value is -6.37. The minimum Gasteiger partial charge on any atom is -0.384 e. The SMILES string of the molecule is CC(C)(C)c1ccc(S(=O)(=O)Cl)cc1F.CC(C)(C)c1ccc(S(=O)(=O)Nc2cc(CF)nn2-c2cccc3ncccc23)cc1F.Nc1cc(CF)nn1-c1cccc2ncccc12. The van der Waals surface area contributed by atoms with E-state index in [-0.39, 0.29) is 26.7 Å². The molecular weight excluding hydrogens is 904 g/mol. The molecule has 0 aliphatic heterocycles. The zero-order valence-electron chi connectivity index (χ0n) is 36.1. The Morgan fingerprint density at radius 3 is 1.54 bits per heavy atom. The second-order valence-electron chi connectivity index (χ2n) is 16.7. The van der Waals surface area contributed by atoms with Gasteiger partial charge in [-0.15, -0.1) is 0 Å². The molecule has 19 heteroatoms. The number of halogens is 5. The Morgan fingerprint density at radius 1 is 0.615 bits per heavy atom. The lowest BCUT2D eigenvalue weighted by atomic mass is 9.87. The van der Waals surface area contributed by atoms with Crippen LogP contribution in [0.4, 0.5) is 29.2 Å². The molecule has 0 unspecified atom stereocenters. The first-order valence-corrected chi connectivity index (χ1v) is 23.6. The van der Waals surface area contributed by atoms with E-state index in [0.29, 0.717) is 39.2 Å². The minimum atomic E-state index is -4.17. The topological polar surface area (TPSA) is 168 Å². The third kappa shape index (κ3) is 11.1. The first-order chi connectivity index (χ1) is 30.5. The zero-order valence-corrected chi connectivity index (χ0v) is 38.5. The summed E-state index contributed by atoms with van der Waals surface area (Å²) in [6.45, 7) is 9.57. The summed E-state index contributed by atoms with van der Waals surface area (Å²) in [7, 11) is -2.92. The molecule has 0 fully saturated rings. The van der Waals surface area contributed by atoms with Crippen LogP contribution in [0.1, 0.15) is 64.1 Å². The zero-order chi connectivity index (χ0) is 47.5. The monoisotopic (exact) mass is 948 g/mol. The van der Waals surface area contributed by atoms with E-state index in [9.17, 15) is 34.4 Å². The molecule has 8 rings (SSSR count). The van der Waals surface area contributed by atoms with Gasteiger partial charge in [-0.3, -0.25) is 14.7 Å². The number of nitrogens with one attached hydrogen (secondary N) is 1. The average Bonchev–Trinajstić information content (AvgIpc) is 3.84. The van der Waals surface area contributed by atoms with Crippen LogP contribution in [-0.4, -0.2) is 46.4 Å². The van der Waals surface area contributed by atoms with E-state index in [2.05, 4.69) is 24.9 Å². The second-order valence-corrected chi connectivity index (χ2v) is 20.9. The van der Waals surface area contributed by atoms with Gasteiger partial charge in [-0.2, -0.15) is 10.2 Å². The fourth-order valence-corrected chi connectivity index (χ4v) is 8.53. The van der Waals surface area contributed by atoms with Gasteiger partial charge in [0.25, 0.3) is 19.1 Å². The molecule has 0 bridgehead atoms. The van der Waals surface area contributed by atoms with Gasteiger partial charge in [0.1, 0.15) is 36.6 Å². The van der Waals surface area contributed by atoms with E-state index in [1.54, 1.807) is 35.3 Å². The molecule has 0 saturated heterocycles. The number of nitrogens with zero attached hydrogens (tertiary/aromatic N) is 6. The van der Waals surface area contributed by atoms with Crippen LogP contribution in [-0.2, 0) is 43.3 Å². The molecule has 4 aromatic heterocycles. The molecule has 3 N–H and O–H groups in total. The summed E-state index contributed by atoms with van der Waals surface area (Å²) >= 11 is 0. The van der Waals surface area contributed by atoms with Crippen molar-refractivity contribution in [3.05, 3.63) is 156 Å². The smallest absolute Gasteiger partial charge is 0.263 e. The van der Waals surface area contributed by atoms with E-state index in [1.165, 1.54) is 41.1 Å². The van der Waals surface area contributed by atoms with Crippen LogP contribution in [0, 0.1) is 11.6 Å². The van der Waals surface area contributed by atoms with Crippen molar-refractivity contribution in [2.24, 2.45) is 0 Å². The van der Waals surface area contributed by atoms with E-state index in [0.717, 1.165) is 28.7 Å². The minimum absolute atomic E-state index is 0.0364. The summed E-state index contributed by atoms with van der Waals surface area (Å²) in [4.78, 5) is 8.10. The molecule has 0 atom stereocenters. The maximum absolute atomic E-state index is 14.6. The Bertz CT molecular complexity index is 3230. The lowest BCUT2D eigenvalue weighted by Crippen LogP contribution is -2.18. The maximum atomic E-state index is 14.6. The van der Waals surface area contributed by atoms with Gasteiger partial charge in [-0.05, 0) is 94.8 Å². The van der Waals surface area contributed by atoms with Crippen molar-refractivity contribution in [1.82, 2.24) is 29.5 Å². The van der Waals surface area contributed by atoms with Crippen LogP contribution in [0.25, 0.3) is 33.2 Å². The van der Waals surface area contributed by atoms with Crippen molar-refractivity contribution >= 4 is 63.2 Å². The standard InChI is InChI=1S/C23H22F2N4O2S.C13H11FN4.C10H12ClFO2S/c1-23(2,3)18-10-9-16(13-19(18)25)32(30,31)28-22-12-15(14-24)27-29(22)21-8-4-7-20-17(21)6-5-11-26-20;14-8-9-7-13(15)18(17-9)12-5-1-4-11-10(12)3-2-6-16-11;1-10(2,3)8-5-4-7(6-9(8)12)15(11,13)14/h4-13,28H,14H2,1-3H3;1-7H,8,15H2;4-6H,1-3H3. The largest absolute Gasteiger partial charge is 0.384 e.